The molecular formula is C20H18N4OS2. The molecule has 3 heterocycles. The zero-order chi connectivity index (χ0) is 18.8. The Bertz CT molecular complexity index is 1040. The van der Waals surface area contributed by atoms with Gasteiger partial charge in [0, 0.05) is 30.4 Å². The fourth-order valence-electron chi connectivity index (χ4n) is 2.74. The number of benzene rings is 1. The molecule has 0 aliphatic heterocycles. The highest BCUT2D eigenvalue weighted by Crippen LogP contribution is 2.29. The van der Waals surface area contributed by atoms with E-state index in [9.17, 15) is 4.79 Å². The van der Waals surface area contributed by atoms with Gasteiger partial charge in [-0.3, -0.25) is 9.78 Å². The van der Waals surface area contributed by atoms with E-state index in [1.807, 2.05) is 49.7 Å². The summed E-state index contributed by atoms with van der Waals surface area (Å²) in [5.74, 6) is 0.0322. The van der Waals surface area contributed by atoms with Gasteiger partial charge in [-0.25, -0.2) is 9.97 Å². The first-order valence-electron chi connectivity index (χ1n) is 8.58. The predicted molar refractivity (Wildman–Crippen MR) is 110 cm³/mol. The monoisotopic (exact) mass is 394 g/mol. The van der Waals surface area contributed by atoms with E-state index < -0.39 is 0 Å². The molecule has 0 bridgehead atoms. The van der Waals surface area contributed by atoms with Crippen molar-refractivity contribution in [3.63, 3.8) is 0 Å². The van der Waals surface area contributed by atoms with Gasteiger partial charge in [0.05, 0.1) is 28.4 Å². The fourth-order valence-corrected chi connectivity index (χ4v) is 4.61. The first-order chi connectivity index (χ1) is 13.1. The Morgan fingerprint density at radius 1 is 1.19 bits per heavy atom. The molecule has 4 rings (SSSR count). The van der Waals surface area contributed by atoms with Crippen molar-refractivity contribution in [3.05, 3.63) is 64.9 Å². The minimum absolute atomic E-state index is 0.0322. The second-order valence-corrected chi connectivity index (χ2v) is 8.18. The zero-order valence-corrected chi connectivity index (χ0v) is 16.6. The molecule has 1 aromatic carbocycles. The van der Waals surface area contributed by atoms with E-state index in [1.54, 1.807) is 28.6 Å². The molecule has 3 aromatic heterocycles. The Morgan fingerprint density at radius 3 is 2.81 bits per heavy atom. The first-order valence-corrected chi connectivity index (χ1v) is 10.3. The minimum Gasteiger partial charge on any atom is -0.336 e. The van der Waals surface area contributed by atoms with Crippen LogP contribution in [-0.2, 0) is 11.2 Å². The third-order valence-electron chi connectivity index (χ3n) is 4.43. The van der Waals surface area contributed by atoms with Crippen molar-refractivity contribution in [1.29, 1.82) is 0 Å². The van der Waals surface area contributed by atoms with Gasteiger partial charge in [-0.15, -0.1) is 22.7 Å². The predicted octanol–water partition coefficient (Wildman–Crippen LogP) is 4.58. The number of rotatable bonds is 5. The maximum absolute atomic E-state index is 12.7. The Balaban J connectivity index is 1.47. The van der Waals surface area contributed by atoms with Gasteiger partial charge in [0.15, 0.2) is 0 Å². The van der Waals surface area contributed by atoms with Gasteiger partial charge < -0.3 is 4.90 Å². The summed E-state index contributed by atoms with van der Waals surface area (Å²) in [6, 6.07) is 11.8. The van der Waals surface area contributed by atoms with Crippen LogP contribution in [-0.4, -0.2) is 32.8 Å². The largest absolute Gasteiger partial charge is 0.336 e. The summed E-state index contributed by atoms with van der Waals surface area (Å²) in [6.07, 6.45) is 3.80. The Morgan fingerprint density at radius 2 is 2.04 bits per heavy atom. The summed E-state index contributed by atoms with van der Waals surface area (Å²) in [4.78, 5) is 27.9. The highest BCUT2D eigenvalue weighted by molar-refractivity contribution is 7.18. The quantitative estimate of drug-likeness (QED) is 0.497. The number of amides is 1. The van der Waals surface area contributed by atoms with Gasteiger partial charge in [0.25, 0.3) is 0 Å². The lowest BCUT2D eigenvalue weighted by molar-refractivity contribution is -0.131. The molecule has 0 radical (unpaired) electrons. The number of thiazole rings is 2. The van der Waals surface area contributed by atoms with Crippen molar-refractivity contribution < 1.29 is 4.79 Å². The molecular weight excluding hydrogens is 376 g/mol. The van der Waals surface area contributed by atoms with Crippen LogP contribution in [0.15, 0.2) is 54.2 Å². The number of hydrogen-bond donors (Lipinski definition) is 0. The molecule has 0 N–H and O–H groups in total. The molecule has 0 fully saturated rings. The normalized spacial score (nSPS) is 12.2. The molecule has 0 saturated carbocycles. The van der Waals surface area contributed by atoms with Crippen LogP contribution in [0.1, 0.15) is 23.7 Å². The molecule has 7 heteroatoms. The van der Waals surface area contributed by atoms with Crippen LogP contribution in [0, 0.1) is 0 Å². The summed E-state index contributed by atoms with van der Waals surface area (Å²) in [5, 5.41) is 3.77. The molecule has 5 nitrogen and oxygen atoms in total. The summed E-state index contributed by atoms with van der Waals surface area (Å²) in [5.41, 5.74) is 2.73. The third-order valence-corrected chi connectivity index (χ3v) is 6.58. The fraction of sp³-hybridized carbons (Fsp3) is 0.200. The number of fused-ring (bicyclic) bond motifs is 1. The number of carbonyl (C=O) groups excluding carboxylic acids is 1. The SMILES string of the molecule is CC(c1nc2ccccc2s1)N(C)C(=O)Cc1csc(-c2cccnc2)n1. The molecule has 4 aromatic rings. The molecule has 0 saturated heterocycles. The van der Waals surface area contributed by atoms with Crippen molar-refractivity contribution in [2.45, 2.75) is 19.4 Å². The van der Waals surface area contributed by atoms with E-state index in [2.05, 4.69) is 21.0 Å². The highest BCUT2D eigenvalue weighted by atomic mass is 32.1. The Kier molecular flexibility index (Phi) is 4.96. The topological polar surface area (TPSA) is 59.0 Å². The number of pyridine rings is 1. The maximum Gasteiger partial charge on any atom is 0.228 e. The van der Waals surface area contributed by atoms with Gasteiger partial charge in [-0.1, -0.05) is 12.1 Å². The van der Waals surface area contributed by atoms with Crippen molar-refractivity contribution >= 4 is 38.8 Å². The number of para-hydroxylation sites is 1. The Hall–Kier alpha value is -2.64. The van der Waals surface area contributed by atoms with Crippen molar-refractivity contribution in [1.82, 2.24) is 19.9 Å². The van der Waals surface area contributed by atoms with Gasteiger partial charge >= 0.3 is 0 Å². The second-order valence-electron chi connectivity index (χ2n) is 6.26. The molecule has 1 amide bonds. The molecule has 0 aliphatic rings. The third kappa shape index (κ3) is 3.74. The average Bonchev–Trinajstić information content (AvgIpc) is 3.34. The summed E-state index contributed by atoms with van der Waals surface area (Å²) >= 11 is 3.17. The maximum atomic E-state index is 12.7. The second kappa shape index (κ2) is 7.54. The molecule has 136 valence electrons. The summed E-state index contributed by atoms with van der Waals surface area (Å²) < 4.78 is 1.14. The number of aromatic nitrogens is 3. The van der Waals surface area contributed by atoms with Crippen LogP contribution in [0.4, 0.5) is 0 Å². The van der Waals surface area contributed by atoms with E-state index >= 15 is 0 Å². The average molecular weight is 395 g/mol. The lowest BCUT2D eigenvalue weighted by atomic mass is 10.2. The molecule has 0 aliphatic carbocycles. The summed E-state index contributed by atoms with van der Waals surface area (Å²) in [6.45, 7) is 2.01. The minimum atomic E-state index is -0.0775. The van der Waals surface area contributed by atoms with Gasteiger partial charge in [-0.2, -0.15) is 0 Å². The van der Waals surface area contributed by atoms with Crippen LogP contribution >= 0.6 is 22.7 Å². The highest BCUT2D eigenvalue weighted by Gasteiger charge is 2.21. The number of hydrogen-bond acceptors (Lipinski definition) is 6. The number of nitrogens with zero attached hydrogens (tertiary/aromatic N) is 4. The smallest absolute Gasteiger partial charge is 0.228 e. The number of likely N-dealkylation sites (N-methyl/N-ethyl adjacent to an activating group) is 1. The summed E-state index contributed by atoms with van der Waals surface area (Å²) in [7, 11) is 1.83. The molecule has 1 atom stereocenters. The lowest BCUT2D eigenvalue weighted by Crippen LogP contribution is -2.31. The van der Waals surface area contributed by atoms with E-state index in [4.69, 9.17) is 0 Å². The lowest BCUT2D eigenvalue weighted by Gasteiger charge is -2.22. The molecule has 1 unspecified atom stereocenters. The van der Waals surface area contributed by atoms with E-state index in [0.29, 0.717) is 0 Å². The van der Waals surface area contributed by atoms with Crippen molar-refractivity contribution in [2.24, 2.45) is 0 Å². The number of carbonyl (C=O) groups is 1. The van der Waals surface area contributed by atoms with Gasteiger partial charge in [-0.05, 0) is 31.2 Å². The molecule has 0 spiro atoms. The molecule has 27 heavy (non-hydrogen) atoms. The van der Waals surface area contributed by atoms with Crippen molar-refractivity contribution in [2.75, 3.05) is 7.05 Å². The van der Waals surface area contributed by atoms with Crippen LogP contribution < -0.4 is 0 Å². The zero-order valence-electron chi connectivity index (χ0n) is 15.0. The van der Waals surface area contributed by atoms with E-state index in [1.165, 1.54) is 11.3 Å². The van der Waals surface area contributed by atoms with Crippen LogP contribution in [0.2, 0.25) is 0 Å². The van der Waals surface area contributed by atoms with E-state index in [-0.39, 0.29) is 18.4 Å². The van der Waals surface area contributed by atoms with Gasteiger partial charge in [0.2, 0.25) is 5.91 Å². The van der Waals surface area contributed by atoms with E-state index in [0.717, 1.165) is 31.5 Å². The van der Waals surface area contributed by atoms with Crippen LogP contribution in [0.25, 0.3) is 20.8 Å². The van der Waals surface area contributed by atoms with Gasteiger partial charge in [0.1, 0.15) is 10.0 Å². The van der Waals surface area contributed by atoms with Crippen LogP contribution in [0.5, 0.6) is 0 Å². The Labute approximate surface area is 165 Å². The van der Waals surface area contributed by atoms with Crippen molar-refractivity contribution in [3.8, 4) is 10.6 Å². The standard InChI is InChI=1S/C20H18N4OS2/c1-13(19-23-16-7-3-4-8-17(16)27-19)24(2)18(25)10-15-12-26-20(22-15)14-6-5-9-21-11-14/h3-9,11-13H,10H2,1-2H3. The van der Waals surface area contributed by atoms with Crippen LogP contribution in [0.3, 0.4) is 0 Å². The first kappa shape index (κ1) is 17.8.